The number of amidine groups is 1. The molecule has 0 saturated heterocycles. The second kappa shape index (κ2) is 7.04. The molecule has 2 fully saturated rings. The van der Waals surface area contributed by atoms with Gasteiger partial charge in [0.2, 0.25) is 0 Å². The molecule has 1 heterocycles. The number of hydrogen-bond acceptors (Lipinski definition) is 6. The van der Waals surface area contributed by atoms with Crippen molar-refractivity contribution < 1.29 is 14.3 Å². The number of nitrogens with zero attached hydrogens (tertiary/aromatic N) is 2. The van der Waals surface area contributed by atoms with Crippen molar-refractivity contribution in [2.45, 2.75) is 74.5 Å². The van der Waals surface area contributed by atoms with E-state index in [1.807, 2.05) is 13.3 Å². The molecule has 4 aliphatic rings. The summed E-state index contributed by atoms with van der Waals surface area (Å²) >= 11 is 0. The minimum atomic E-state index is -0.513. The van der Waals surface area contributed by atoms with Crippen molar-refractivity contribution in [1.29, 1.82) is 0 Å². The van der Waals surface area contributed by atoms with Crippen LogP contribution < -0.4 is 5.73 Å². The van der Waals surface area contributed by atoms with E-state index in [0.717, 1.165) is 50.5 Å². The summed E-state index contributed by atoms with van der Waals surface area (Å²) in [6.07, 6.45) is 11.1. The summed E-state index contributed by atoms with van der Waals surface area (Å²) in [4.78, 5) is 10.7. The second-order valence-corrected chi connectivity index (χ2v) is 9.97. The lowest BCUT2D eigenvalue weighted by atomic mass is 9.45. The zero-order valence-corrected chi connectivity index (χ0v) is 18.3. The van der Waals surface area contributed by atoms with Crippen LogP contribution in [-0.2, 0) is 26.3 Å². The fourth-order valence-electron chi connectivity index (χ4n) is 6.31. The number of aliphatic imine (C=N–C) groups is 1. The largest absolute Gasteiger partial charge is 0.475 e. The van der Waals surface area contributed by atoms with Gasteiger partial charge >= 0.3 is 0 Å². The quantitative estimate of drug-likeness (QED) is 0.462. The van der Waals surface area contributed by atoms with E-state index in [4.69, 9.17) is 25.0 Å². The Morgan fingerprint density at radius 2 is 1.97 bits per heavy atom. The fourth-order valence-corrected chi connectivity index (χ4v) is 6.31. The molecule has 2 saturated carbocycles. The number of hydrogen-bond donors (Lipinski definition) is 1. The van der Waals surface area contributed by atoms with Crippen LogP contribution in [0.5, 0.6) is 0 Å². The third-order valence-corrected chi connectivity index (χ3v) is 8.02. The number of fused-ring (bicyclic) bond motifs is 3. The van der Waals surface area contributed by atoms with E-state index >= 15 is 0 Å². The van der Waals surface area contributed by atoms with Gasteiger partial charge in [-0.25, -0.2) is 4.99 Å². The van der Waals surface area contributed by atoms with E-state index < -0.39 is 10.9 Å². The maximum absolute atomic E-state index is 6.20. The summed E-state index contributed by atoms with van der Waals surface area (Å²) in [5, 5.41) is 3.73. The summed E-state index contributed by atoms with van der Waals surface area (Å²) < 4.78 is 11.8. The first-order chi connectivity index (χ1) is 14.4. The van der Waals surface area contributed by atoms with Crippen LogP contribution in [0.4, 0.5) is 0 Å². The summed E-state index contributed by atoms with van der Waals surface area (Å²) in [5.74, 6) is 0. The summed E-state index contributed by atoms with van der Waals surface area (Å²) in [5.41, 5.74) is 9.31. The van der Waals surface area contributed by atoms with E-state index in [2.05, 4.69) is 39.0 Å². The highest BCUT2D eigenvalue weighted by molar-refractivity contribution is 6.41. The van der Waals surface area contributed by atoms with E-state index in [1.54, 1.807) is 0 Å². The molecule has 0 aromatic heterocycles. The number of ether oxygens (including phenoxy) is 2. The van der Waals surface area contributed by atoms with Crippen LogP contribution in [0, 0.1) is 5.41 Å². The van der Waals surface area contributed by atoms with Crippen molar-refractivity contribution in [3.8, 4) is 0 Å². The number of nitrogens with two attached hydrogens (primary N) is 1. The monoisotopic (exact) mass is 407 g/mol. The first-order valence-corrected chi connectivity index (χ1v) is 11.3. The molecule has 158 valence electrons. The first-order valence-electron chi connectivity index (χ1n) is 11.3. The molecule has 1 aromatic carbocycles. The Bertz CT molecular complexity index is 892. The maximum atomic E-state index is 6.20. The van der Waals surface area contributed by atoms with Gasteiger partial charge in [-0.3, -0.25) is 0 Å². The molecule has 1 aromatic rings. The Balaban J connectivity index is 1.54. The average molecular weight is 407 g/mol. The van der Waals surface area contributed by atoms with Crippen molar-refractivity contribution in [2.24, 2.45) is 21.3 Å². The predicted molar refractivity (Wildman–Crippen MR) is 122 cm³/mol. The topological polar surface area (TPSA) is 78.4 Å². The Morgan fingerprint density at radius 1 is 1.20 bits per heavy atom. The molecule has 2 spiro atoms. The van der Waals surface area contributed by atoms with Crippen LogP contribution in [0.3, 0.4) is 0 Å². The van der Waals surface area contributed by atoms with Crippen LogP contribution in [0.15, 0.2) is 28.3 Å². The molecule has 8 heteroatoms. The molecule has 1 atom stereocenters. The third-order valence-electron chi connectivity index (χ3n) is 8.02. The molecule has 1 unspecified atom stereocenters. The zero-order valence-electron chi connectivity index (χ0n) is 18.3. The molecule has 1 aliphatic heterocycles. The summed E-state index contributed by atoms with van der Waals surface area (Å²) in [6.45, 7) is 0. The highest BCUT2D eigenvalue weighted by Gasteiger charge is 2.68. The molecule has 0 radical (unpaired) electrons. The Hall–Kier alpha value is -1.95. The SMILES string of the molecule is BC1(B)OC(N)=NC12c1cc(/C=N/OC3CCC3)ccc1C[C@]21CC[C@@H](OC)CC1. The minimum absolute atomic E-state index is 0.00677. The molecular weight excluding hydrogens is 376 g/mol. The van der Waals surface area contributed by atoms with Crippen molar-refractivity contribution in [3.63, 3.8) is 0 Å². The number of rotatable bonds is 4. The lowest BCUT2D eigenvalue weighted by Gasteiger charge is -2.51. The molecule has 5 rings (SSSR count). The van der Waals surface area contributed by atoms with Gasteiger partial charge in [0.25, 0.3) is 6.02 Å². The van der Waals surface area contributed by atoms with Gasteiger partial charge in [-0.05, 0) is 74.1 Å². The van der Waals surface area contributed by atoms with Gasteiger partial charge in [0.05, 0.1) is 17.7 Å². The van der Waals surface area contributed by atoms with Gasteiger partial charge in [0.15, 0.2) is 15.7 Å². The van der Waals surface area contributed by atoms with Crippen LogP contribution in [0.25, 0.3) is 0 Å². The number of oxime groups is 1. The van der Waals surface area contributed by atoms with E-state index in [1.165, 1.54) is 17.5 Å². The molecule has 0 bridgehead atoms. The molecular formula is C22H31B2N3O3. The summed E-state index contributed by atoms with van der Waals surface area (Å²) in [7, 11) is 6.09. The molecule has 3 aliphatic carbocycles. The highest BCUT2D eigenvalue weighted by Crippen LogP contribution is 2.64. The summed E-state index contributed by atoms with van der Waals surface area (Å²) in [6, 6.07) is 6.90. The Labute approximate surface area is 180 Å². The van der Waals surface area contributed by atoms with Crippen molar-refractivity contribution in [1.82, 2.24) is 0 Å². The van der Waals surface area contributed by atoms with E-state index in [-0.39, 0.29) is 11.5 Å². The normalized spacial score (nSPS) is 34.7. The smallest absolute Gasteiger partial charge is 0.282 e. The highest BCUT2D eigenvalue weighted by atomic mass is 16.6. The Kier molecular flexibility index (Phi) is 4.69. The Morgan fingerprint density at radius 3 is 2.57 bits per heavy atom. The third kappa shape index (κ3) is 2.83. The van der Waals surface area contributed by atoms with Gasteiger partial charge in [-0.1, -0.05) is 17.3 Å². The van der Waals surface area contributed by atoms with Crippen LogP contribution in [0.2, 0.25) is 0 Å². The molecule has 6 nitrogen and oxygen atoms in total. The van der Waals surface area contributed by atoms with Crippen LogP contribution >= 0.6 is 0 Å². The van der Waals surface area contributed by atoms with Gasteiger partial charge in [0.1, 0.15) is 11.6 Å². The van der Waals surface area contributed by atoms with Gasteiger partial charge < -0.3 is 20.0 Å². The molecule has 30 heavy (non-hydrogen) atoms. The number of benzene rings is 1. The van der Waals surface area contributed by atoms with Gasteiger partial charge in [-0.15, -0.1) is 0 Å². The standard InChI is InChI=1S/C22H31B2N3O3/c1-28-16-7-9-20(10-8-16)12-15-6-5-14(13-26-30-17-3-2-4-17)11-18(15)21(20)22(23,24)29-19(25)27-21/h5-6,11,13,16-17H,2-4,7-10,12,23-24H2,1H3,(H2,25,27)/b26-13+/t16-,20-,21?. The minimum Gasteiger partial charge on any atom is -0.475 e. The lowest BCUT2D eigenvalue weighted by Crippen LogP contribution is -2.59. The first kappa shape index (κ1) is 20.0. The predicted octanol–water partition coefficient (Wildman–Crippen LogP) is 1.18. The van der Waals surface area contributed by atoms with Crippen LogP contribution in [-0.4, -0.2) is 52.6 Å². The zero-order chi connectivity index (χ0) is 21.0. The second-order valence-electron chi connectivity index (χ2n) is 9.97. The molecule has 0 amide bonds. The van der Waals surface area contributed by atoms with Crippen molar-refractivity contribution in [3.05, 3.63) is 34.9 Å². The lowest BCUT2D eigenvalue weighted by molar-refractivity contribution is -0.0256. The average Bonchev–Trinajstić information content (AvgIpc) is 3.09. The molecule has 2 N–H and O–H groups in total. The van der Waals surface area contributed by atoms with Crippen molar-refractivity contribution >= 4 is 27.9 Å². The number of methoxy groups -OCH3 is 1. The van der Waals surface area contributed by atoms with Crippen LogP contribution in [0.1, 0.15) is 61.6 Å². The van der Waals surface area contributed by atoms with E-state index in [9.17, 15) is 0 Å². The van der Waals surface area contributed by atoms with Crippen molar-refractivity contribution in [2.75, 3.05) is 7.11 Å². The van der Waals surface area contributed by atoms with Gasteiger partial charge in [-0.2, -0.15) is 0 Å². The maximum Gasteiger partial charge on any atom is 0.282 e. The van der Waals surface area contributed by atoms with E-state index in [0.29, 0.717) is 12.1 Å². The van der Waals surface area contributed by atoms with Gasteiger partial charge in [0, 0.05) is 12.5 Å². The fraction of sp³-hybridized carbons (Fsp3) is 0.636.